The molecule has 168 valence electrons. The number of rotatable bonds is 6. The molecule has 3 rings (SSSR count). The number of ether oxygens (including phenoxy) is 2. The lowest BCUT2D eigenvalue weighted by Gasteiger charge is -2.40. The van der Waals surface area contributed by atoms with E-state index in [9.17, 15) is 23.1 Å². The van der Waals surface area contributed by atoms with Crippen LogP contribution < -0.4 is 9.47 Å². The van der Waals surface area contributed by atoms with Crippen molar-refractivity contribution in [2.24, 2.45) is 0 Å². The number of methoxy groups -OCH3 is 2. The van der Waals surface area contributed by atoms with Crippen LogP contribution in [0.4, 0.5) is 13.2 Å². The van der Waals surface area contributed by atoms with Crippen LogP contribution in [-0.2, 0) is 11.0 Å². The molecule has 1 heterocycles. The minimum absolute atomic E-state index is 0.357. The normalized spacial score (nSPS) is 18.5. The van der Waals surface area contributed by atoms with Crippen LogP contribution in [0.2, 0.25) is 0 Å². The van der Waals surface area contributed by atoms with Crippen molar-refractivity contribution in [3.8, 4) is 11.5 Å². The molecule has 31 heavy (non-hydrogen) atoms. The second-order valence-corrected chi connectivity index (χ2v) is 8.20. The number of carboxylic acid groups (broad SMARTS) is 1. The number of piperidine rings is 1. The predicted molar refractivity (Wildman–Crippen MR) is 113 cm³/mol. The standard InChI is InChI=1S/C22H23BrF3NO4/c1-30-18-11-15(16(23)12-19(18)31-2)20(27-9-4-3-8-17(27)21(28)29)13-6-5-7-14(10-13)22(24,25)26/h5-7,10-12,17,20H,3-4,8-9H2,1-2H3,(H,28,29). The Hall–Kier alpha value is -2.26. The maximum absolute atomic E-state index is 13.4. The summed E-state index contributed by atoms with van der Waals surface area (Å²) in [5.74, 6) is -0.135. The summed E-state index contributed by atoms with van der Waals surface area (Å²) in [5, 5.41) is 9.81. The number of carboxylic acids is 1. The molecule has 0 aromatic heterocycles. The quantitative estimate of drug-likeness (QED) is 0.565. The highest BCUT2D eigenvalue weighted by atomic mass is 79.9. The Morgan fingerprint density at radius 3 is 2.45 bits per heavy atom. The number of halogens is 4. The van der Waals surface area contributed by atoms with E-state index in [1.807, 2.05) is 0 Å². The third kappa shape index (κ3) is 4.98. The minimum Gasteiger partial charge on any atom is -0.493 e. The highest BCUT2D eigenvalue weighted by Crippen LogP contribution is 2.43. The fraction of sp³-hybridized carbons (Fsp3) is 0.409. The minimum atomic E-state index is -4.51. The van der Waals surface area contributed by atoms with Crippen molar-refractivity contribution in [1.29, 1.82) is 0 Å². The third-order valence-corrected chi connectivity index (χ3v) is 6.17. The van der Waals surface area contributed by atoms with Crippen LogP contribution in [0.5, 0.6) is 11.5 Å². The molecule has 2 atom stereocenters. The molecule has 1 N–H and O–H groups in total. The molecule has 1 fully saturated rings. The summed E-state index contributed by atoms with van der Waals surface area (Å²) in [4.78, 5) is 13.7. The van der Waals surface area contributed by atoms with Crippen LogP contribution in [0.25, 0.3) is 0 Å². The molecule has 2 aromatic carbocycles. The summed E-state index contributed by atoms with van der Waals surface area (Å²) in [5.41, 5.74) is 0.177. The molecule has 1 aliphatic heterocycles. The van der Waals surface area contributed by atoms with Crippen molar-refractivity contribution in [3.05, 3.63) is 57.6 Å². The molecule has 0 amide bonds. The monoisotopic (exact) mass is 501 g/mol. The van der Waals surface area contributed by atoms with Crippen molar-refractivity contribution < 1.29 is 32.5 Å². The molecule has 0 radical (unpaired) electrons. The summed E-state index contributed by atoms with van der Waals surface area (Å²) in [7, 11) is 2.95. The topological polar surface area (TPSA) is 59.0 Å². The Morgan fingerprint density at radius 1 is 1.16 bits per heavy atom. The molecular weight excluding hydrogens is 479 g/mol. The Kier molecular flexibility index (Phi) is 7.16. The van der Waals surface area contributed by atoms with E-state index in [0.717, 1.165) is 25.0 Å². The first-order valence-electron chi connectivity index (χ1n) is 9.74. The molecule has 1 saturated heterocycles. The fourth-order valence-electron chi connectivity index (χ4n) is 4.04. The van der Waals surface area contributed by atoms with Gasteiger partial charge in [-0.25, -0.2) is 0 Å². The van der Waals surface area contributed by atoms with Crippen LogP contribution in [0, 0.1) is 0 Å². The highest BCUT2D eigenvalue weighted by Gasteiger charge is 2.38. The molecule has 0 saturated carbocycles. The summed E-state index contributed by atoms with van der Waals surface area (Å²) < 4.78 is 51.6. The van der Waals surface area contributed by atoms with Gasteiger partial charge in [0.15, 0.2) is 11.5 Å². The first-order valence-corrected chi connectivity index (χ1v) is 10.5. The van der Waals surface area contributed by atoms with Crippen molar-refractivity contribution >= 4 is 21.9 Å². The Bertz CT molecular complexity index is 951. The van der Waals surface area contributed by atoms with Gasteiger partial charge in [0.25, 0.3) is 0 Å². The number of alkyl halides is 3. The van der Waals surface area contributed by atoms with E-state index in [2.05, 4.69) is 15.9 Å². The molecule has 2 unspecified atom stereocenters. The zero-order valence-corrected chi connectivity index (χ0v) is 18.7. The Labute approximate surface area is 186 Å². The smallest absolute Gasteiger partial charge is 0.416 e. The molecule has 2 aromatic rings. The van der Waals surface area contributed by atoms with Gasteiger partial charge in [-0.3, -0.25) is 9.69 Å². The van der Waals surface area contributed by atoms with Gasteiger partial charge in [0.05, 0.1) is 25.8 Å². The predicted octanol–water partition coefficient (Wildman–Crippen LogP) is 5.51. The fourth-order valence-corrected chi connectivity index (χ4v) is 4.58. The van der Waals surface area contributed by atoms with E-state index in [1.54, 1.807) is 23.1 Å². The van der Waals surface area contributed by atoms with E-state index in [-0.39, 0.29) is 0 Å². The number of aliphatic carboxylic acids is 1. The van der Waals surface area contributed by atoms with Gasteiger partial charge in [0.1, 0.15) is 6.04 Å². The zero-order chi connectivity index (χ0) is 22.8. The van der Waals surface area contributed by atoms with Gasteiger partial charge in [-0.05, 0) is 54.8 Å². The molecular formula is C22H23BrF3NO4. The summed E-state index contributed by atoms with van der Waals surface area (Å²) in [6.45, 7) is 0.443. The van der Waals surface area contributed by atoms with Crippen molar-refractivity contribution in [3.63, 3.8) is 0 Å². The van der Waals surface area contributed by atoms with Crippen LogP contribution in [-0.4, -0.2) is 42.8 Å². The van der Waals surface area contributed by atoms with Crippen LogP contribution in [0.3, 0.4) is 0 Å². The highest BCUT2D eigenvalue weighted by molar-refractivity contribution is 9.10. The van der Waals surface area contributed by atoms with Crippen LogP contribution in [0.1, 0.15) is 42.0 Å². The average Bonchev–Trinajstić information content (AvgIpc) is 2.74. The van der Waals surface area contributed by atoms with Gasteiger partial charge in [-0.2, -0.15) is 13.2 Å². The Balaban J connectivity index is 2.22. The third-order valence-electron chi connectivity index (χ3n) is 5.49. The van der Waals surface area contributed by atoms with Crippen LogP contribution in [0.15, 0.2) is 40.9 Å². The largest absolute Gasteiger partial charge is 0.493 e. The number of benzene rings is 2. The van der Waals surface area contributed by atoms with Crippen molar-refractivity contribution in [2.45, 2.75) is 37.5 Å². The summed E-state index contributed by atoms with van der Waals surface area (Å²) in [6, 6.07) is 6.86. The molecule has 0 spiro atoms. The summed E-state index contributed by atoms with van der Waals surface area (Å²) >= 11 is 3.50. The van der Waals surface area contributed by atoms with E-state index in [4.69, 9.17) is 9.47 Å². The maximum Gasteiger partial charge on any atom is 0.416 e. The van der Waals surface area contributed by atoms with Gasteiger partial charge >= 0.3 is 12.1 Å². The first-order chi connectivity index (χ1) is 14.7. The summed E-state index contributed by atoms with van der Waals surface area (Å²) in [6.07, 6.45) is -2.58. The van der Waals surface area contributed by atoms with Gasteiger partial charge < -0.3 is 14.6 Å². The molecule has 0 bridgehead atoms. The number of likely N-dealkylation sites (tertiary alicyclic amines) is 1. The number of hydrogen-bond donors (Lipinski definition) is 1. The zero-order valence-electron chi connectivity index (χ0n) is 17.1. The molecule has 9 heteroatoms. The lowest BCUT2D eigenvalue weighted by atomic mass is 9.90. The SMILES string of the molecule is COc1cc(Br)c(C(c2cccc(C(F)(F)F)c2)N2CCCCC2C(=O)O)cc1OC. The second kappa shape index (κ2) is 9.48. The van der Waals surface area contributed by atoms with Crippen molar-refractivity contribution in [1.82, 2.24) is 4.90 Å². The molecule has 0 aliphatic carbocycles. The molecule has 5 nitrogen and oxygen atoms in total. The van der Waals surface area contributed by atoms with Gasteiger partial charge in [0, 0.05) is 4.47 Å². The van der Waals surface area contributed by atoms with Crippen molar-refractivity contribution in [2.75, 3.05) is 20.8 Å². The van der Waals surface area contributed by atoms with Gasteiger partial charge in [-0.1, -0.05) is 34.5 Å². The lowest BCUT2D eigenvalue weighted by Crippen LogP contribution is -2.47. The average molecular weight is 502 g/mol. The number of nitrogens with zero attached hydrogens (tertiary/aromatic N) is 1. The number of hydrogen-bond acceptors (Lipinski definition) is 4. The van der Waals surface area contributed by atoms with Gasteiger partial charge in [0.2, 0.25) is 0 Å². The van der Waals surface area contributed by atoms with E-state index < -0.39 is 29.8 Å². The lowest BCUT2D eigenvalue weighted by molar-refractivity contribution is -0.145. The van der Waals surface area contributed by atoms with Gasteiger partial charge in [-0.15, -0.1) is 0 Å². The number of carbonyl (C=O) groups is 1. The van der Waals surface area contributed by atoms with Crippen LogP contribution >= 0.6 is 15.9 Å². The maximum atomic E-state index is 13.4. The van der Waals surface area contributed by atoms with E-state index >= 15 is 0 Å². The van der Waals surface area contributed by atoms with E-state index in [0.29, 0.717) is 40.1 Å². The second-order valence-electron chi connectivity index (χ2n) is 7.34. The van der Waals surface area contributed by atoms with E-state index in [1.165, 1.54) is 20.3 Å². The Morgan fingerprint density at radius 2 is 1.84 bits per heavy atom. The molecule has 1 aliphatic rings. The first kappa shape index (κ1) is 23.4.